The van der Waals surface area contributed by atoms with Crippen molar-refractivity contribution in [3.05, 3.63) is 34.4 Å². The van der Waals surface area contributed by atoms with Crippen LogP contribution in [0.25, 0.3) is 0 Å². The van der Waals surface area contributed by atoms with Crippen LogP contribution in [0.1, 0.15) is 56.3 Å². The van der Waals surface area contributed by atoms with Gasteiger partial charge in [0, 0.05) is 5.92 Å². The van der Waals surface area contributed by atoms with E-state index < -0.39 is 0 Å². The fraction of sp³-hybridized carbons (Fsp3) is 0.500. The zero-order valence-corrected chi connectivity index (χ0v) is 15.5. The van der Waals surface area contributed by atoms with Crippen molar-refractivity contribution >= 4 is 18.4 Å². The summed E-state index contributed by atoms with van der Waals surface area (Å²) in [6.07, 6.45) is 7.85. The third kappa shape index (κ3) is 4.10. The Morgan fingerprint density at radius 2 is 2.12 bits per heavy atom. The summed E-state index contributed by atoms with van der Waals surface area (Å²) in [6.45, 7) is 2.54. The minimum absolute atomic E-state index is 0.425. The monoisotopic (exact) mass is 360 g/mol. The lowest BCUT2D eigenvalue weighted by Gasteiger charge is -2.19. The van der Waals surface area contributed by atoms with Gasteiger partial charge >= 0.3 is 0 Å². The Bertz CT molecular complexity index is 791. The van der Waals surface area contributed by atoms with Gasteiger partial charge in [-0.15, -0.1) is 0 Å². The normalized spacial score (nSPS) is 15.6. The van der Waals surface area contributed by atoms with E-state index in [-0.39, 0.29) is 0 Å². The molecule has 0 aliphatic heterocycles. The Balaban J connectivity index is 1.85. The van der Waals surface area contributed by atoms with E-state index in [2.05, 4.69) is 15.3 Å². The second-order valence-corrected chi connectivity index (χ2v) is 6.51. The topological polar surface area (TPSA) is 64.4 Å². The van der Waals surface area contributed by atoms with Crippen LogP contribution in [-0.4, -0.2) is 34.8 Å². The van der Waals surface area contributed by atoms with Gasteiger partial charge in [-0.1, -0.05) is 19.3 Å². The molecule has 0 unspecified atom stereocenters. The van der Waals surface area contributed by atoms with Gasteiger partial charge in [-0.2, -0.15) is 14.9 Å². The molecule has 1 saturated carbocycles. The molecule has 134 valence electrons. The van der Waals surface area contributed by atoms with Crippen LogP contribution in [-0.2, 0) is 0 Å². The summed E-state index contributed by atoms with van der Waals surface area (Å²) in [4.78, 5) is 0. The summed E-state index contributed by atoms with van der Waals surface area (Å²) in [5.41, 5.74) is 0.915. The lowest BCUT2D eigenvalue weighted by atomic mass is 9.89. The molecule has 7 heteroatoms. The molecule has 1 heterocycles. The number of nitrogens with one attached hydrogen (secondary N) is 1. The number of nitrogens with zero attached hydrogens (tertiary/aromatic N) is 3. The van der Waals surface area contributed by atoms with E-state index >= 15 is 0 Å². The molecule has 3 rings (SSSR count). The van der Waals surface area contributed by atoms with Crippen molar-refractivity contribution in [1.82, 2.24) is 14.9 Å². The second-order valence-electron chi connectivity index (χ2n) is 6.12. The van der Waals surface area contributed by atoms with Crippen LogP contribution < -0.4 is 9.47 Å². The molecule has 0 saturated heterocycles. The number of aromatic nitrogens is 3. The van der Waals surface area contributed by atoms with Crippen molar-refractivity contribution in [3.63, 3.8) is 0 Å². The summed E-state index contributed by atoms with van der Waals surface area (Å²) < 4.78 is 13.2. The van der Waals surface area contributed by atoms with Gasteiger partial charge in [0.05, 0.1) is 19.9 Å². The van der Waals surface area contributed by atoms with Crippen LogP contribution in [0.15, 0.2) is 23.3 Å². The smallest absolute Gasteiger partial charge is 0.216 e. The van der Waals surface area contributed by atoms with E-state index in [0.29, 0.717) is 23.0 Å². The zero-order valence-electron chi connectivity index (χ0n) is 14.7. The molecule has 0 radical (unpaired) electrons. The highest BCUT2D eigenvalue weighted by Crippen LogP contribution is 2.31. The number of rotatable bonds is 6. The summed E-state index contributed by atoms with van der Waals surface area (Å²) >= 11 is 5.35. The minimum atomic E-state index is 0.425. The highest BCUT2D eigenvalue weighted by molar-refractivity contribution is 7.71. The first-order valence-corrected chi connectivity index (χ1v) is 9.16. The summed E-state index contributed by atoms with van der Waals surface area (Å²) in [6, 6.07) is 5.74. The first kappa shape index (κ1) is 17.7. The van der Waals surface area contributed by atoms with Gasteiger partial charge in [0.1, 0.15) is 0 Å². The maximum Gasteiger partial charge on any atom is 0.216 e. The van der Waals surface area contributed by atoms with Crippen LogP contribution in [0.2, 0.25) is 0 Å². The lowest BCUT2D eigenvalue weighted by Crippen LogP contribution is -2.10. The van der Waals surface area contributed by atoms with Gasteiger partial charge in [0.2, 0.25) is 4.77 Å². The van der Waals surface area contributed by atoms with E-state index in [1.165, 1.54) is 19.3 Å². The number of hydrogen-bond donors (Lipinski definition) is 1. The molecule has 25 heavy (non-hydrogen) atoms. The number of methoxy groups -OCH3 is 1. The molecule has 0 spiro atoms. The minimum Gasteiger partial charge on any atom is -0.493 e. The zero-order chi connectivity index (χ0) is 17.6. The Labute approximate surface area is 152 Å². The predicted octanol–water partition coefficient (Wildman–Crippen LogP) is 4.28. The van der Waals surface area contributed by atoms with Gasteiger partial charge < -0.3 is 9.47 Å². The molecule has 0 bridgehead atoms. The van der Waals surface area contributed by atoms with Gasteiger partial charge in [0.25, 0.3) is 0 Å². The Morgan fingerprint density at radius 1 is 1.32 bits per heavy atom. The first-order valence-electron chi connectivity index (χ1n) is 8.75. The molecular weight excluding hydrogens is 336 g/mol. The number of benzene rings is 1. The summed E-state index contributed by atoms with van der Waals surface area (Å²) in [5, 5.41) is 11.8. The van der Waals surface area contributed by atoms with Crippen LogP contribution in [0.3, 0.4) is 0 Å². The lowest BCUT2D eigenvalue weighted by molar-refractivity contribution is 0.311. The molecule has 1 N–H and O–H groups in total. The van der Waals surface area contributed by atoms with E-state index in [1.54, 1.807) is 18.0 Å². The highest BCUT2D eigenvalue weighted by atomic mass is 32.1. The van der Waals surface area contributed by atoms with Gasteiger partial charge in [0.15, 0.2) is 17.3 Å². The maximum atomic E-state index is 5.54. The Hall–Kier alpha value is -2.15. The third-order valence-corrected chi connectivity index (χ3v) is 4.72. The summed E-state index contributed by atoms with van der Waals surface area (Å²) in [5.74, 6) is 2.77. The second kappa shape index (κ2) is 8.29. The number of H-pyrrole nitrogens is 1. The molecule has 1 aromatic heterocycles. The highest BCUT2D eigenvalue weighted by Gasteiger charge is 2.21. The van der Waals surface area contributed by atoms with Crippen LogP contribution in [0.5, 0.6) is 11.5 Å². The van der Waals surface area contributed by atoms with Crippen molar-refractivity contribution in [2.45, 2.75) is 44.9 Å². The molecule has 0 atom stereocenters. The van der Waals surface area contributed by atoms with Gasteiger partial charge in [-0.25, -0.2) is 0 Å². The van der Waals surface area contributed by atoms with Crippen molar-refractivity contribution in [1.29, 1.82) is 0 Å². The molecule has 1 aromatic carbocycles. The van der Waals surface area contributed by atoms with Crippen molar-refractivity contribution in [2.75, 3.05) is 13.7 Å². The average Bonchev–Trinajstić information content (AvgIpc) is 3.02. The molecule has 6 nitrogen and oxygen atoms in total. The largest absolute Gasteiger partial charge is 0.493 e. The fourth-order valence-corrected chi connectivity index (χ4v) is 3.39. The molecule has 1 aliphatic rings. The number of ether oxygens (including phenoxy) is 2. The molecule has 1 fully saturated rings. The van der Waals surface area contributed by atoms with Crippen molar-refractivity contribution < 1.29 is 9.47 Å². The quantitative estimate of drug-likeness (QED) is 0.617. The third-order valence-electron chi connectivity index (χ3n) is 4.46. The van der Waals surface area contributed by atoms with Crippen LogP contribution in [0.4, 0.5) is 0 Å². The van der Waals surface area contributed by atoms with Crippen molar-refractivity contribution in [2.24, 2.45) is 5.10 Å². The maximum absolute atomic E-state index is 5.54. The fourth-order valence-electron chi connectivity index (χ4n) is 3.20. The number of aromatic amines is 1. The molecule has 1 aliphatic carbocycles. The molecular formula is C18H24N4O2S. The first-order chi connectivity index (χ1) is 12.2. The van der Waals surface area contributed by atoms with Gasteiger partial charge in [-0.05, 0) is 55.7 Å². The van der Waals surface area contributed by atoms with E-state index in [0.717, 1.165) is 30.0 Å². The van der Waals surface area contributed by atoms with E-state index in [1.807, 2.05) is 25.1 Å². The van der Waals surface area contributed by atoms with E-state index in [4.69, 9.17) is 21.7 Å². The van der Waals surface area contributed by atoms with Crippen LogP contribution in [0, 0.1) is 4.77 Å². The predicted molar refractivity (Wildman–Crippen MR) is 100 cm³/mol. The number of hydrogen-bond acceptors (Lipinski definition) is 5. The van der Waals surface area contributed by atoms with Crippen LogP contribution >= 0.6 is 12.2 Å². The molecule has 2 aromatic rings. The molecule has 0 amide bonds. The average molecular weight is 360 g/mol. The Morgan fingerprint density at radius 3 is 2.84 bits per heavy atom. The van der Waals surface area contributed by atoms with E-state index in [9.17, 15) is 0 Å². The van der Waals surface area contributed by atoms with Gasteiger partial charge in [-0.3, -0.25) is 5.10 Å². The SMILES string of the molecule is CCOc1ccc(/C=N/n2c(C3CCCCC3)n[nH]c2=S)cc1OC. The summed E-state index contributed by atoms with van der Waals surface area (Å²) in [7, 11) is 1.63. The van der Waals surface area contributed by atoms with Crippen molar-refractivity contribution in [3.8, 4) is 11.5 Å². The standard InChI is InChI=1S/C18H24N4O2S/c1-3-24-15-10-9-13(11-16(15)23-2)12-19-22-17(20-21-18(22)25)14-7-5-4-6-8-14/h9-12,14H,3-8H2,1-2H3,(H,21,25)/b19-12+. The Kier molecular flexibility index (Phi) is 5.86.